The van der Waals surface area contributed by atoms with Crippen molar-refractivity contribution in [2.75, 3.05) is 18.1 Å². The van der Waals surface area contributed by atoms with Crippen LogP contribution in [0.3, 0.4) is 0 Å². The van der Waals surface area contributed by atoms with Gasteiger partial charge in [-0.25, -0.2) is 4.79 Å². The SMILES string of the molecule is CCOC(=O)C(CC)N1CCCC(=O)c2ccccc21. The van der Waals surface area contributed by atoms with E-state index >= 15 is 0 Å². The molecule has 1 aromatic carbocycles. The Labute approximate surface area is 119 Å². The third-order valence-electron chi connectivity index (χ3n) is 3.64. The van der Waals surface area contributed by atoms with Gasteiger partial charge >= 0.3 is 5.97 Å². The van der Waals surface area contributed by atoms with E-state index in [1.54, 1.807) is 0 Å². The van der Waals surface area contributed by atoms with Gasteiger partial charge in [0.25, 0.3) is 0 Å². The van der Waals surface area contributed by atoms with Crippen LogP contribution in [0, 0.1) is 0 Å². The largest absolute Gasteiger partial charge is 0.464 e. The van der Waals surface area contributed by atoms with Crippen LogP contribution in [0.15, 0.2) is 24.3 Å². The number of esters is 1. The van der Waals surface area contributed by atoms with Gasteiger partial charge in [-0.2, -0.15) is 0 Å². The number of carbonyl (C=O) groups excluding carboxylic acids is 2. The smallest absolute Gasteiger partial charge is 0.328 e. The molecule has 0 spiro atoms. The Balaban J connectivity index is 2.37. The van der Waals surface area contributed by atoms with Crippen LogP contribution >= 0.6 is 0 Å². The summed E-state index contributed by atoms with van der Waals surface area (Å²) in [4.78, 5) is 26.3. The van der Waals surface area contributed by atoms with Gasteiger partial charge in [-0.05, 0) is 31.9 Å². The van der Waals surface area contributed by atoms with E-state index in [9.17, 15) is 9.59 Å². The van der Waals surface area contributed by atoms with E-state index in [-0.39, 0.29) is 17.8 Å². The first-order valence-corrected chi connectivity index (χ1v) is 7.24. The number of hydrogen-bond acceptors (Lipinski definition) is 4. The Hall–Kier alpha value is -1.84. The molecule has 0 saturated carbocycles. The van der Waals surface area contributed by atoms with Crippen LogP contribution in [0.4, 0.5) is 5.69 Å². The quantitative estimate of drug-likeness (QED) is 0.793. The lowest BCUT2D eigenvalue weighted by molar-refractivity contribution is -0.144. The van der Waals surface area contributed by atoms with Gasteiger partial charge in [0, 0.05) is 24.2 Å². The number of anilines is 1. The second-order valence-electron chi connectivity index (χ2n) is 4.91. The summed E-state index contributed by atoms with van der Waals surface area (Å²) in [6.45, 7) is 4.87. The first kappa shape index (κ1) is 14.6. The Kier molecular flexibility index (Phi) is 4.77. The molecule has 1 heterocycles. The average Bonchev–Trinajstić information content (AvgIpc) is 2.61. The molecule has 108 valence electrons. The fourth-order valence-corrected chi connectivity index (χ4v) is 2.70. The zero-order valence-corrected chi connectivity index (χ0v) is 12.1. The average molecular weight is 275 g/mol. The van der Waals surface area contributed by atoms with Gasteiger partial charge in [0.1, 0.15) is 6.04 Å². The number of benzene rings is 1. The predicted molar refractivity (Wildman–Crippen MR) is 78.1 cm³/mol. The zero-order chi connectivity index (χ0) is 14.5. The number of ketones is 1. The molecule has 1 aliphatic rings. The Bertz CT molecular complexity index is 498. The normalized spacial score (nSPS) is 16.3. The van der Waals surface area contributed by atoms with Crippen molar-refractivity contribution >= 4 is 17.4 Å². The monoisotopic (exact) mass is 275 g/mol. The molecule has 0 amide bonds. The molecule has 1 aromatic rings. The summed E-state index contributed by atoms with van der Waals surface area (Å²) >= 11 is 0. The van der Waals surface area contributed by atoms with Crippen molar-refractivity contribution < 1.29 is 14.3 Å². The van der Waals surface area contributed by atoms with Gasteiger partial charge in [0.05, 0.1) is 6.61 Å². The topological polar surface area (TPSA) is 46.6 Å². The molecule has 1 atom stereocenters. The standard InChI is InChI=1S/C16H21NO3/c1-3-13(16(19)20-4-2)17-11-7-10-15(18)12-8-5-6-9-14(12)17/h5-6,8-9,13H,3-4,7,10-11H2,1-2H3. The minimum Gasteiger partial charge on any atom is -0.464 e. The van der Waals surface area contributed by atoms with Gasteiger partial charge in [0.15, 0.2) is 5.78 Å². The number of fused-ring (bicyclic) bond motifs is 1. The first-order valence-electron chi connectivity index (χ1n) is 7.24. The molecule has 20 heavy (non-hydrogen) atoms. The highest BCUT2D eigenvalue weighted by Gasteiger charge is 2.30. The highest BCUT2D eigenvalue weighted by molar-refractivity contribution is 6.02. The molecule has 0 fully saturated rings. The second kappa shape index (κ2) is 6.55. The van der Waals surface area contributed by atoms with Crippen LogP contribution in [0.25, 0.3) is 0 Å². The number of nitrogens with zero attached hydrogens (tertiary/aromatic N) is 1. The minimum absolute atomic E-state index is 0.154. The lowest BCUT2D eigenvalue weighted by Gasteiger charge is -2.31. The summed E-state index contributed by atoms with van der Waals surface area (Å²) in [7, 11) is 0. The summed E-state index contributed by atoms with van der Waals surface area (Å²) < 4.78 is 5.17. The van der Waals surface area contributed by atoms with E-state index in [1.807, 2.05) is 43.0 Å². The number of ether oxygens (including phenoxy) is 1. The minimum atomic E-state index is -0.318. The number of para-hydroxylation sites is 1. The van der Waals surface area contributed by atoms with E-state index < -0.39 is 0 Å². The van der Waals surface area contributed by atoms with E-state index in [1.165, 1.54) is 0 Å². The van der Waals surface area contributed by atoms with Gasteiger partial charge in [-0.15, -0.1) is 0 Å². The van der Waals surface area contributed by atoms with Crippen molar-refractivity contribution in [3.8, 4) is 0 Å². The van der Waals surface area contributed by atoms with E-state index in [0.29, 0.717) is 31.6 Å². The van der Waals surface area contributed by atoms with E-state index in [2.05, 4.69) is 0 Å². The molecule has 0 N–H and O–H groups in total. The Morgan fingerprint density at radius 1 is 1.35 bits per heavy atom. The molecule has 4 nitrogen and oxygen atoms in total. The molecule has 0 radical (unpaired) electrons. The fourth-order valence-electron chi connectivity index (χ4n) is 2.70. The molecule has 2 rings (SSSR count). The summed E-state index contributed by atoms with van der Waals surface area (Å²) in [5.41, 5.74) is 1.57. The predicted octanol–water partition coefficient (Wildman–Crippen LogP) is 2.81. The molecule has 1 unspecified atom stereocenters. The van der Waals surface area contributed by atoms with Crippen LogP contribution < -0.4 is 4.90 Å². The summed E-state index contributed by atoms with van der Waals surface area (Å²) in [6, 6.07) is 7.21. The Morgan fingerprint density at radius 3 is 2.80 bits per heavy atom. The molecule has 0 aromatic heterocycles. The van der Waals surface area contributed by atoms with Gasteiger partial charge in [-0.3, -0.25) is 4.79 Å². The summed E-state index contributed by atoms with van der Waals surface area (Å²) in [6.07, 6.45) is 1.97. The molecule has 0 bridgehead atoms. The van der Waals surface area contributed by atoms with Crippen molar-refractivity contribution in [1.82, 2.24) is 0 Å². The molecule has 0 aliphatic carbocycles. The van der Waals surface area contributed by atoms with Crippen LogP contribution in [0.5, 0.6) is 0 Å². The number of rotatable bonds is 4. The van der Waals surface area contributed by atoms with Crippen LogP contribution in [0.2, 0.25) is 0 Å². The summed E-state index contributed by atoms with van der Waals surface area (Å²) in [5.74, 6) is -0.0547. The van der Waals surface area contributed by atoms with E-state index in [0.717, 1.165) is 12.1 Å². The lowest BCUT2D eigenvalue weighted by Crippen LogP contribution is -2.42. The molecule has 4 heteroatoms. The van der Waals surface area contributed by atoms with Crippen molar-refractivity contribution in [1.29, 1.82) is 0 Å². The van der Waals surface area contributed by atoms with Crippen LogP contribution in [-0.4, -0.2) is 30.9 Å². The highest BCUT2D eigenvalue weighted by atomic mass is 16.5. The Morgan fingerprint density at radius 2 is 2.10 bits per heavy atom. The van der Waals surface area contributed by atoms with Gasteiger partial charge in [-0.1, -0.05) is 19.1 Å². The molecular formula is C16H21NO3. The lowest BCUT2D eigenvalue weighted by atomic mass is 10.1. The second-order valence-corrected chi connectivity index (χ2v) is 4.91. The molecule has 0 saturated heterocycles. The third kappa shape index (κ3) is 2.84. The fraction of sp³-hybridized carbons (Fsp3) is 0.500. The highest BCUT2D eigenvalue weighted by Crippen LogP contribution is 2.29. The number of Topliss-reactive ketones (excluding diaryl/α,β-unsaturated/α-hetero) is 1. The van der Waals surface area contributed by atoms with Crippen molar-refractivity contribution in [3.63, 3.8) is 0 Å². The third-order valence-corrected chi connectivity index (χ3v) is 3.64. The van der Waals surface area contributed by atoms with Crippen molar-refractivity contribution in [3.05, 3.63) is 29.8 Å². The van der Waals surface area contributed by atoms with Crippen molar-refractivity contribution in [2.24, 2.45) is 0 Å². The number of carbonyl (C=O) groups is 2. The van der Waals surface area contributed by atoms with Crippen LogP contribution in [0.1, 0.15) is 43.5 Å². The van der Waals surface area contributed by atoms with Gasteiger partial charge in [0.2, 0.25) is 0 Å². The van der Waals surface area contributed by atoms with E-state index in [4.69, 9.17) is 4.74 Å². The molecular weight excluding hydrogens is 254 g/mol. The number of hydrogen-bond donors (Lipinski definition) is 0. The maximum atomic E-state index is 12.1. The molecule has 1 aliphatic heterocycles. The van der Waals surface area contributed by atoms with Crippen LogP contribution in [-0.2, 0) is 9.53 Å². The van der Waals surface area contributed by atoms with Gasteiger partial charge < -0.3 is 9.64 Å². The van der Waals surface area contributed by atoms with Crippen molar-refractivity contribution in [2.45, 2.75) is 39.2 Å². The summed E-state index contributed by atoms with van der Waals surface area (Å²) in [5, 5.41) is 0. The maximum absolute atomic E-state index is 12.1. The maximum Gasteiger partial charge on any atom is 0.328 e. The zero-order valence-electron chi connectivity index (χ0n) is 12.1. The first-order chi connectivity index (χ1) is 9.69.